The Morgan fingerprint density at radius 2 is 1.67 bits per heavy atom. The van der Waals surface area contributed by atoms with E-state index in [1.807, 2.05) is 19.1 Å². The highest BCUT2D eigenvalue weighted by Crippen LogP contribution is 2.18. The quantitative estimate of drug-likeness (QED) is 0.654. The van der Waals surface area contributed by atoms with E-state index < -0.39 is 0 Å². The predicted molar refractivity (Wildman–Crippen MR) is 112 cm³/mol. The molecule has 1 heterocycles. The third kappa shape index (κ3) is 4.77. The normalized spacial score (nSPS) is 11.3. The van der Waals surface area contributed by atoms with Gasteiger partial charge >= 0.3 is 0 Å². The molecular weight excluding hydrogens is 334 g/mol. The summed E-state index contributed by atoms with van der Waals surface area (Å²) in [4.78, 5) is 14.8. The number of nitrogens with zero attached hydrogens (tertiary/aromatic N) is 2. The van der Waals surface area contributed by atoms with Gasteiger partial charge in [0.05, 0.1) is 0 Å². The van der Waals surface area contributed by atoms with Gasteiger partial charge in [0.1, 0.15) is 6.54 Å². The molecule has 0 bridgehead atoms. The first-order chi connectivity index (χ1) is 13.1. The third-order valence-electron chi connectivity index (χ3n) is 5.13. The number of nitrogens with one attached hydrogen (secondary N) is 1. The fourth-order valence-corrected chi connectivity index (χ4v) is 3.43. The first-order valence-corrected chi connectivity index (χ1v) is 9.72. The highest BCUT2D eigenvalue weighted by atomic mass is 16.1. The van der Waals surface area contributed by atoms with E-state index in [9.17, 15) is 4.79 Å². The van der Waals surface area contributed by atoms with Gasteiger partial charge in [-0.05, 0) is 48.7 Å². The van der Waals surface area contributed by atoms with Crippen LogP contribution >= 0.6 is 0 Å². The van der Waals surface area contributed by atoms with Gasteiger partial charge in [-0.3, -0.25) is 9.69 Å². The van der Waals surface area contributed by atoms with E-state index in [0.717, 1.165) is 36.4 Å². The summed E-state index contributed by atoms with van der Waals surface area (Å²) in [6.45, 7) is 10.4. The molecule has 0 aliphatic heterocycles. The van der Waals surface area contributed by atoms with Crippen molar-refractivity contribution in [2.75, 3.05) is 13.1 Å². The molecule has 142 valence electrons. The van der Waals surface area contributed by atoms with Crippen LogP contribution in [-0.2, 0) is 24.4 Å². The van der Waals surface area contributed by atoms with Crippen LogP contribution in [0.4, 0.5) is 0 Å². The van der Waals surface area contributed by atoms with Crippen LogP contribution in [0.15, 0.2) is 54.6 Å². The van der Waals surface area contributed by atoms with Crippen LogP contribution in [0.25, 0.3) is 10.9 Å². The Bertz CT molecular complexity index is 892. The zero-order valence-electron chi connectivity index (χ0n) is 16.5. The number of benzene rings is 2. The highest BCUT2D eigenvalue weighted by Gasteiger charge is 2.09. The van der Waals surface area contributed by atoms with Crippen molar-refractivity contribution >= 4 is 16.8 Å². The van der Waals surface area contributed by atoms with Gasteiger partial charge in [-0.2, -0.15) is 0 Å². The number of hydrogen-bond acceptors (Lipinski definition) is 2. The predicted octanol–water partition coefficient (Wildman–Crippen LogP) is 4.11. The lowest BCUT2D eigenvalue weighted by Gasteiger charge is -2.18. The van der Waals surface area contributed by atoms with Crippen LogP contribution in [0.3, 0.4) is 0 Å². The molecule has 4 heteroatoms. The zero-order chi connectivity index (χ0) is 19.2. The van der Waals surface area contributed by atoms with Crippen molar-refractivity contribution in [1.29, 1.82) is 0 Å². The van der Waals surface area contributed by atoms with Crippen LogP contribution in [0.5, 0.6) is 0 Å². The maximum atomic E-state index is 12.4. The molecular formula is C23H29N3O. The lowest BCUT2D eigenvalue weighted by Crippen LogP contribution is -2.27. The Kier molecular flexibility index (Phi) is 6.30. The summed E-state index contributed by atoms with van der Waals surface area (Å²) in [5, 5.41) is 4.21. The first-order valence-electron chi connectivity index (χ1n) is 9.72. The largest absolute Gasteiger partial charge is 0.350 e. The van der Waals surface area contributed by atoms with E-state index in [1.54, 1.807) is 0 Å². The Hall–Kier alpha value is -2.59. The maximum absolute atomic E-state index is 12.4. The minimum Gasteiger partial charge on any atom is -0.350 e. The Labute approximate surface area is 161 Å². The molecule has 1 aromatic heterocycles. The molecule has 2 aromatic carbocycles. The van der Waals surface area contributed by atoms with Crippen LogP contribution in [0.2, 0.25) is 0 Å². The van der Waals surface area contributed by atoms with Crippen LogP contribution in [0, 0.1) is 6.92 Å². The Morgan fingerprint density at radius 1 is 1.00 bits per heavy atom. The van der Waals surface area contributed by atoms with Gasteiger partial charge in [0.2, 0.25) is 5.91 Å². The standard InChI is InChI=1S/C23H29N3O/c1-4-25(5-2)16-20-12-10-19(11-13-20)15-24-23(27)17-26-18(3)14-21-8-6-7-9-22(21)26/h6-14H,4-5,15-17H2,1-3H3,(H,24,27). The molecule has 0 radical (unpaired) electrons. The molecule has 0 atom stereocenters. The molecule has 0 aliphatic carbocycles. The Morgan fingerprint density at radius 3 is 2.37 bits per heavy atom. The van der Waals surface area contributed by atoms with Crippen LogP contribution < -0.4 is 5.32 Å². The average molecular weight is 364 g/mol. The SMILES string of the molecule is CCN(CC)Cc1ccc(CNC(=O)Cn2c(C)cc3ccccc32)cc1. The highest BCUT2D eigenvalue weighted by molar-refractivity contribution is 5.84. The third-order valence-corrected chi connectivity index (χ3v) is 5.13. The Balaban J connectivity index is 1.56. The van der Waals surface area contributed by atoms with E-state index in [4.69, 9.17) is 0 Å². The molecule has 1 amide bonds. The van der Waals surface area contributed by atoms with E-state index >= 15 is 0 Å². The minimum atomic E-state index is 0.0340. The van der Waals surface area contributed by atoms with Crippen molar-refractivity contribution in [2.45, 2.75) is 40.4 Å². The molecule has 3 aromatic rings. The van der Waals surface area contributed by atoms with Crippen LogP contribution in [-0.4, -0.2) is 28.5 Å². The van der Waals surface area contributed by atoms with Gasteiger partial charge in [-0.1, -0.05) is 56.3 Å². The second kappa shape index (κ2) is 8.87. The second-order valence-electron chi connectivity index (χ2n) is 6.99. The fourth-order valence-electron chi connectivity index (χ4n) is 3.43. The summed E-state index contributed by atoms with van der Waals surface area (Å²) in [7, 11) is 0. The second-order valence-corrected chi connectivity index (χ2v) is 6.99. The summed E-state index contributed by atoms with van der Waals surface area (Å²) in [5.41, 5.74) is 4.64. The van der Waals surface area contributed by atoms with Crippen molar-refractivity contribution in [2.24, 2.45) is 0 Å². The van der Waals surface area contributed by atoms with E-state index in [2.05, 4.69) is 71.1 Å². The van der Waals surface area contributed by atoms with Crippen molar-refractivity contribution in [1.82, 2.24) is 14.8 Å². The lowest BCUT2D eigenvalue weighted by atomic mass is 10.1. The monoisotopic (exact) mass is 363 g/mol. The summed E-state index contributed by atoms with van der Waals surface area (Å²) >= 11 is 0. The van der Waals surface area contributed by atoms with Crippen molar-refractivity contribution < 1.29 is 4.79 Å². The van der Waals surface area contributed by atoms with Crippen molar-refractivity contribution in [3.63, 3.8) is 0 Å². The molecule has 0 saturated heterocycles. The van der Waals surface area contributed by atoms with Gasteiger partial charge in [0.15, 0.2) is 0 Å². The van der Waals surface area contributed by atoms with Gasteiger partial charge in [0, 0.05) is 24.3 Å². The molecule has 0 unspecified atom stereocenters. The number of aryl methyl sites for hydroxylation is 1. The number of aromatic nitrogens is 1. The van der Waals surface area contributed by atoms with Crippen molar-refractivity contribution in [3.8, 4) is 0 Å². The molecule has 27 heavy (non-hydrogen) atoms. The number of hydrogen-bond donors (Lipinski definition) is 1. The lowest BCUT2D eigenvalue weighted by molar-refractivity contribution is -0.121. The average Bonchev–Trinajstić information content (AvgIpc) is 3.00. The molecule has 0 spiro atoms. The summed E-state index contributed by atoms with van der Waals surface area (Å²) < 4.78 is 2.07. The number of carbonyl (C=O) groups excluding carboxylic acids is 1. The summed E-state index contributed by atoms with van der Waals surface area (Å²) in [6, 6.07) is 18.8. The number of para-hydroxylation sites is 1. The van der Waals surface area contributed by atoms with E-state index in [-0.39, 0.29) is 5.91 Å². The molecule has 3 rings (SSSR count). The zero-order valence-corrected chi connectivity index (χ0v) is 16.5. The minimum absolute atomic E-state index is 0.0340. The number of rotatable bonds is 8. The fraction of sp³-hybridized carbons (Fsp3) is 0.348. The van der Waals surface area contributed by atoms with Gasteiger partial charge in [-0.15, -0.1) is 0 Å². The molecule has 0 aliphatic rings. The number of carbonyl (C=O) groups is 1. The number of amides is 1. The van der Waals surface area contributed by atoms with Crippen molar-refractivity contribution in [3.05, 3.63) is 71.4 Å². The topological polar surface area (TPSA) is 37.3 Å². The maximum Gasteiger partial charge on any atom is 0.240 e. The van der Waals surface area contributed by atoms with Crippen LogP contribution in [0.1, 0.15) is 30.7 Å². The molecule has 0 saturated carbocycles. The van der Waals surface area contributed by atoms with Gasteiger partial charge in [-0.25, -0.2) is 0 Å². The molecule has 1 N–H and O–H groups in total. The van der Waals surface area contributed by atoms with E-state index in [0.29, 0.717) is 13.1 Å². The first kappa shape index (κ1) is 19.2. The van der Waals surface area contributed by atoms with Gasteiger partial charge in [0.25, 0.3) is 0 Å². The van der Waals surface area contributed by atoms with Gasteiger partial charge < -0.3 is 9.88 Å². The number of fused-ring (bicyclic) bond motifs is 1. The van der Waals surface area contributed by atoms with E-state index in [1.165, 1.54) is 10.9 Å². The summed E-state index contributed by atoms with van der Waals surface area (Å²) in [5.74, 6) is 0.0340. The molecule has 4 nitrogen and oxygen atoms in total. The molecule has 0 fully saturated rings. The smallest absolute Gasteiger partial charge is 0.240 e. The summed E-state index contributed by atoms with van der Waals surface area (Å²) in [6.07, 6.45) is 0.